The Labute approximate surface area is 126 Å². The van der Waals surface area contributed by atoms with Gasteiger partial charge < -0.3 is 15.2 Å². The summed E-state index contributed by atoms with van der Waals surface area (Å²) >= 11 is 0. The Balaban J connectivity index is 2.24. The molecule has 2 aromatic heterocycles. The van der Waals surface area contributed by atoms with Crippen LogP contribution < -0.4 is 5.73 Å². The predicted molar refractivity (Wildman–Crippen MR) is 84.0 cm³/mol. The first-order valence-electron chi connectivity index (χ1n) is 6.70. The van der Waals surface area contributed by atoms with Gasteiger partial charge >= 0.3 is 0 Å². The van der Waals surface area contributed by atoms with Gasteiger partial charge in [0.25, 0.3) is 5.71 Å². The number of halogens is 1. The zero-order valence-electron chi connectivity index (χ0n) is 12.3. The molecule has 0 spiro atoms. The zero-order valence-corrected chi connectivity index (χ0v) is 12.3. The van der Waals surface area contributed by atoms with E-state index in [4.69, 9.17) is 10.3 Å². The highest BCUT2D eigenvalue weighted by atomic mass is 19.1. The Kier molecular flexibility index (Phi) is 3.29. The quantitative estimate of drug-likeness (QED) is 0.921. The van der Waals surface area contributed by atoms with E-state index in [1.165, 1.54) is 6.07 Å². The van der Waals surface area contributed by atoms with E-state index in [0.717, 1.165) is 11.4 Å². The second-order valence-electron chi connectivity index (χ2n) is 4.97. The lowest BCUT2D eigenvalue weighted by molar-refractivity contribution is 0.451. The summed E-state index contributed by atoms with van der Waals surface area (Å²) in [4.78, 5) is 6.15. The minimum atomic E-state index is -0.501. The number of fused-ring (bicyclic) bond motifs is 1. The molecule has 0 atom stereocenters. The van der Waals surface area contributed by atoms with E-state index in [9.17, 15) is 4.39 Å². The number of rotatable bonds is 2. The summed E-state index contributed by atoms with van der Waals surface area (Å²) in [6, 6.07) is 1.28. The number of anilines is 1. The number of nitrogen functional groups attached to an aromatic ring is 1. The van der Waals surface area contributed by atoms with Crippen molar-refractivity contribution in [3.8, 4) is 0 Å². The van der Waals surface area contributed by atoms with Gasteiger partial charge in [0.2, 0.25) is 0 Å². The molecule has 22 heavy (non-hydrogen) atoms. The van der Waals surface area contributed by atoms with Gasteiger partial charge in [0.15, 0.2) is 11.6 Å². The maximum Gasteiger partial charge on any atom is 0.260 e. The number of likely N-dealkylation sites (N-methyl/N-ethyl adjacent to an activating group) is 1. The first-order chi connectivity index (χ1) is 10.5. The van der Waals surface area contributed by atoms with Gasteiger partial charge in [-0.2, -0.15) is 0 Å². The number of nitrogens with zero attached hydrogens (tertiary/aromatic N) is 3. The van der Waals surface area contributed by atoms with Crippen LogP contribution in [0, 0.1) is 5.82 Å². The van der Waals surface area contributed by atoms with Crippen LogP contribution in [0.15, 0.2) is 52.9 Å². The van der Waals surface area contributed by atoms with Crippen molar-refractivity contribution in [1.29, 1.82) is 0 Å². The summed E-state index contributed by atoms with van der Waals surface area (Å²) in [6.07, 6.45) is 7.32. The lowest BCUT2D eigenvalue weighted by Crippen LogP contribution is -2.18. The molecule has 0 radical (unpaired) electrons. The van der Waals surface area contributed by atoms with Gasteiger partial charge in [0, 0.05) is 18.3 Å². The van der Waals surface area contributed by atoms with Crippen molar-refractivity contribution < 1.29 is 8.91 Å². The Morgan fingerprint density at radius 1 is 1.50 bits per heavy atom. The fourth-order valence-corrected chi connectivity index (χ4v) is 2.34. The summed E-state index contributed by atoms with van der Waals surface area (Å²) < 4.78 is 19.5. The third kappa shape index (κ3) is 2.09. The van der Waals surface area contributed by atoms with Gasteiger partial charge in [0.05, 0.1) is 11.1 Å². The number of allylic oxidation sites excluding steroid dienone is 6. The third-order valence-corrected chi connectivity index (χ3v) is 3.66. The molecule has 0 aromatic carbocycles. The molecular formula is C16H15FN4O. The fourth-order valence-electron chi connectivity index (χ4n) is 2.34. The number of hydrogen-bond donors (Lipinski definition) is 1. The van der Waals surface area contributed by atoms with Gasteiger partial charge in [-0.05, 0) is 25.1 Å². The highest BCUT2D eigenvalue weighted by Gasteiger charge is 2.19. The summed E-state index contributed by atoms with van der Waals surface area (Å²) in [7, 11) is 1.90. The summed E-state index contributed by atoms with van der Waals surface area (Å²) in [5.74, 6) is -0.381. The van der Waals surface area contributed by atoms with Crippen LogP contribution in [0.4, 0.5) is 10.2 Å². The van der Waals surface area contributed by atoms with E-state index < -0.39 is 5.82 Å². The van der Waals surface area contributed by atoms with Crippen LogP contribution in [0.3, 0.4) is 0 Å². The van der Waals surface area contributed by atoms with Gasteiger partial charge in [0.1, 0.15) is 5.69 Å². The van der Waals surface area contributed by atoms with E-state index in [1.54, 1.807) is 6.08 Å². The Hall–Kier alpha value is -2.89. The van der Waals surface area contributed by atoms with E-state index in [2.05, 4.69) is 16.7 Å². The van der Waals surface area contributed by atoms with Crippen LogP contribution in [0.1, 0.15) is 12.6 Å². The number of pyridine rings is 1. The summed E-state index contributed by atoms with van der Waals surface area (Å²) in [5.41, 5.74) is 8.37. The van der Waals surface area contributed by atoms with E-state index >= 15 is 0 Å². The van der Waals surface area contributed by atoms with Gasteiger partial charge in [-0.15, -0.1) is 0 Å². The maximum atomic E-state index is 14.5. The van der Waals surface area contributed by atoms with E-state index in [1.807, 2.05) is 37.1 Å². The molecule has 0 saturated carbocycles. The number of hydrogen-bond acceptors (Lipinski definition) is 5. The SMILES string of the molecule is C=CC(=C1C=CC=C(C)N1C)c1nc2onc(N)c2cc1F. The third-order valence-electron chi connectivity index (χ3n) is 3.66. The molecule has 0 aliphatic carbocycles. The first kappa shape index (κ1) is 14.1. The van der Waals surface area contributed by atoms with Crippen LogP contribution in [0.5, 0.6) is 0 Å². The highest BCUT2D eigenvalue weighted by Crippen LogP contribution is 2.30. The smallest absolute Gasteiger partial charge is 0.260 e. The summed E-state index contributed by atoms with van der Waals surface area (Å²) in [5, 5.41) is 3.96. The molecule has 112 valence electrons. The maximum absolute atomic E-state index is 14.5. The van der Waals surface area contributed by atoms with Crippen LogP contribution >= 0.6 is 0 Å². The number of nitrogens with two attached hydrogens (primary N) is 1. The first-order valence-corrected chi connectivity index (χ1v) is 6.70. The Morgan fingerprint density at radius 3 is 3.00 bits per heavy atom. The van der Waals surface area contributed by atoms with Crippen LogP contribution in [-0.2, 0) is 0 Å². The Morgan fingerprint density at radius 2 is 2.27 bits per heavy atom. The second kappa shape index (κ2) is 5.14. The van der Waals surface area contributed by atoms with Crippen molar-refractivity contribution in [3.63, 3.8) is 0 Å². The van der Waals surface area contributed by atoms with Crippen molar-refractivity contribution in [1.82, 2.24) is 15.0 Å². The molecule has 0 amide bonds. The molecule has 0 saturated heterocycles. The molecule has 3 rings (SSSR count). The van der Waals surface area contributed by atoms with Gasteiger partial charge in [-0.25, -0.2) is 9.37 Å². The van der Waals surface area contributed by atoms with Crippen molar-refractivity contribution >= 4 is 22.5 Å². The molecular weight excluding hydrogens is 283 g/mol. The molecule has 6 heteroatoms. The van der Waals surface area contributed by atoms with Crippen LogP contribution in [0.25, 0.3) is 16.7 Å². The molecule has 1 aliphatic heterocycles. The monoisotopic (exact) mass is 298 g/mol. The normalized spacial score (nSPS) is 16.9. The van der Waals surface area contributed by atoms with Gasteiger partial charge in [-0.3, -0.25) is 0 Å². The average molecular weight is 298 g/mol. The average Bonchev–Trinajstić information content (AvgIpc) is 2.85. The van der Waals surface area contributed by atoms with Crippen LogP contribution in [-0.4, -0.2) is 22.1 Å². The lowest BCUT2D eigenvalue weighted by Gasteiger charge is -2.26. The largest absolute Gasteiger partial charge is 0.380 e. The molecule has 3 heterocycles. The molecule has 2 N–H and O–H groups in total. The minimum Gasteiger partial charge on any atom is -0.380 e. The standard InChI is InChI=1S/C16H15FN4O/c1-4-10(13-7-5-6-9(2)21(13)3)14-12(17)8-11-15(18)20-22-16(11)19-14/h4-8H,1H2,2-3H3,(H2,18,20). The van der Waals surface area contributed by atoms with Crippen molar-refractivity contribution in [3.05, 3.63) is 59.9 Å². The zero-order chi connectivity index (χ0) is 15.9. The highest BCUT2D eigenvalue weighted by molar-refractivity contribution is 5.87. The number of aromatic nitrogens is 2. The fraction of sp³-hybridized carbons (Fsp3) is 0.125. The topological polar surface area (TPSA) is 68.2 Å². The van der Waals surface area contributed by atoms with Crippen molar-refractivity contribution in [2.75, 3.05) is 12.8 Å². The second-order valence-corrected chi connectivity index (χ2v) is 4.97. The molecule has 0 bridgehead atoms. The molecule has 5 nitrogen and oxygen atoms in total. The molecule has 0 unspecified atom stereocenters. The molecule has 2 aromatic rings. The van der Waals surface area contributed by atoms with Crippen molar-refractivity contribution in [2.45, 2.75) is 6.92 Å². The predicted octanol–water partition coefficient (Wildman–Crippen LogP) is 3.25. The lowest BCUT2D eigenvalue weighted by atomic mass is 10.0. The van der Waals surface area contributed by atoms with Crippen molar-refractivity contribution in [2.24, 2.45) is 0 Å². The van der Waals surface area contributed by atoms with E-state index in [0.29, 0.717) is 11.0 Å². The van der Waals surface area contributed by atoms with Gasteiger partial charge in [-0.1, -0.05) is 23.9 Å². The van der Waals surface area contributed by atoms with Crippen LogP contribution in [0.2, 0.25) is 0 Å². The molecule has 1 aliphatic rings. The van der Waals surface area contributed by atoms with E-state index in [-0.39, 0.29) is 17.2 Å². The Bertz CT molecular complexity index is 860. The molecule has 0 fully saturated rings. The minimum absolute atomic E-state index is 0.120. The summed E-state index contributed by atoms with van der Waals surface area (Å²) in [6.45, 7) is 5.75.